The van der Waals surface area contributed by atoms with E-state index in [4.69, 9.17) is 4.42 Å². The molecule has 31 heavy (non-hydrogen) atoms. The second kappa shape index (κ2) is 8.12. The Morgan fingerprint density at radius 3 is 2.19 bits per heavy atom. The van der Waals surface area contributed by atoms with Gasteiger partial charge in [-0.15, -0.1) is 0 Å². The van der Waals surface area contributed by atoms with Crippen molar-refractivity contribution in [3.63, 3.8) is 0 Å². The van der Waals surface area contributed by atoms with Gasteiger partial charge in [0.15, 0.2) is 0 Å². The average Bonchev–Trinajstić information content (AvgIpc) is 2.74. The standard InChI is InChI=1S/C22H20F3NO4S/c23-22(24,25)19-14-21(27)30-20-9-6-16(13-18(19)20)12-15-4-7-17(8-5-15)31(28,29)26-10-2-1-3-11-26/h4-9,13-14H,1-3,10-12H2. The zero-order valence-electron chi connectivity index (χ0n) is 16.5. The molecule has 1 aromatic heterocycles. The minimum absolute atomic E-state index is 0.133. The van der Waals surface area contributed by atoms with Gasteiger partial charge in [0.05, 0.1) is 10.5 Å². The van der Waals surface area contributed by atoms with Crippen LogP contribution in [0, 0.1) is 0 Å². The summed E-state index contributed by atoms with van der Waals surface area (Å²) < 4.78 is 71.8. The Balaban J connectivity index is 1.61. The van der Waals surface area contributed by atoms with E-state index in [1.165, 1.54) is 28.6 Å². The lowest BCUT2D eigenvalue weighted by Crippen LogP contribution is -2.35. The lowest BCUT2D eigenvalue weighted by Gasteiger charge is -2.25. The monoisotopic (exact) mass is 451 g/mol. The van der Waals surface area contributed by atoms with Crippen molar-refractivity contribution in [3.8, 4) is 0 Å². The van der Waals surface area contributed by atoms with E-state index in [0.29, 0.717) is 31.1 Å². The summed E-state index contributed by atoms with van der Waals surface area (Å²) in [7, 11) is -3.54. The van der Waals surface area contributed by atoms with Gasteiger partial charge < -0.3 is 4.42 Å². The van der Waals surface area contributed by atoms with Gasteiger partial charge in [0.2, 0.25) is 10.0 Å². The van der Waals surface area contributed by atoms with Crippen LogP contribution in [0.15, 0.2) is 62.6 Å². The summed E-state index contributed by atoms with van der Waals surface area (Å²) in [5.74, 6) is 0. The van der Waals surface area contributed by atoms with Crippen molar-refractivity contribution in [1.29, 1.82) is 0 Å². The first-order chi connectivity index (χ1) is 14.6. The predicted octanol–water partition coefficient (Wildman–Crippen LogP) is 4.58. The molecule has 4 rings (SSSR count). The molecule has 1 aliphatic heterocycles. The third kappa shape index (κ3) is 4.52. The molecule has 2 heterocycles. The van der Waals surface area contributed by atoms with Crippen molar-refractivity contribution in [2.75, 3.05) is 13.1 Å². The van der Waals surface area contributed by atoms with Crippen LogP contribution in [0.5, 0.6) is 0 Å². The molecule has 0 atom stereocenters. The number of hydrogen-bond acceptors (Lipinski definition) is 4. The fraction of sp³-hybridized carbons (Fsp3) is 0.318. The summed E-state index contributed by atoms with van der Waals surface area (Å²) >= 11 is 0. The lowest BCUT2D eigenvalue weighted by molar-refractivity contribution is -0.136. The minimum Gasteiger partial charge on any atom is -0.423 e. The van der Waals surface area contributed by atoms with Gasteiger partial charge in [-0.1, -0.05) is 24.6 Å². The minimum atomic E-state index is -4.68. The molecule has 3 aromatic rings. The van der Waals surface area contributed by atoms with Gasteiger partial charge in [-0.05, 0) is 54.7 Å². The van der Waals surface area contributed by atoms with Crippen molar-refractivity contribution in [1.82, 2.24) is 4.31 Å². The average molecular weight is 451 g/mol. The van der Waals surface area contributed by atoms with E-state index in [0.717, 1.165) is 24.8 Å². The third-order valence-corrected chi connectivity index (χ3v) is 7.31. The molecule has 5 nitrogen and oxygen atoms in total. The van der Waals surface area contributed by atoms with Crippen LogP contribution in [0.1, 0.15) is 36.0 Å². The number of piperidine rings is 1. The highest BCUT2D eigenvalue weighted by molar-refractivity contribution is 7.89. The van der Waals surface area contributed by atoms with Gasteiger partial charge in [-0.2, -0.15) is 17.5 Å². The number of alkyl halides is 3. The summed E-state index contributed by atoms with van der Waals surface area (Å²) in [5.41, 5.74) is -0.894. The molecule has 2 aromatic carbocycles. The van der Waals surface area contributed by atoms with Crippen LogP contribution in [0.4, 0.5) is 13.2 Å². The molecule has 0 aliphatic carbocycles. The second-order valence-electron chi connectivity index (χ2n) is 7.59. The van der Waals surface area contributed by atoms with Gasteiger partial charge in [-0.25, -0.2) is 13.2 Å². The smallest absolute Gasteiger partial charge is 0.417 e. The SMILES string of the molecule is O=c1cc(C(F)(F)F)c2cc(Cc3ccc(S(=O)(=O)N4CCCCC4)cc3)ccc2o1. The van der Waals surface area contributed by atoms with E-state index in [-0.39, 0.29) is 15.9 Å². The number of benzene rings is 2. The molecule has 0 N–H and O–H groups in total. The highest BCUT2D eigenvalue weighted by atomic mass is 32.2. The van der Waals surface area contributed by atoms with Crippen LogP contribution >= 0.6 is 0 Å². The molecule has 0 radical (unpaired) electrons. The second-order valence-corrected chi connectivity index (χ2v) is 9.53. The Bertz CT molecular complexity index is 1260. The van der Waals surface area contributed by atoms with E-state index in [1.807, 2.05) is 0 Å². The summed E-state index contributed by atoms with van der Waals surface area (Å²) in [6.07, 6.45) is -1.66. The van der Waals surface area contributed by atoms with Crippen LogP contribution < -0.4 is 5.63 Å². The zero-order valence-corrected chi connectivity index (χ0v) is 17.3. The van der Waals surface area contributed by atoms with Crippen LogP contribution in [0.3, 0.4) is 0 Å². The van der Waals surface area contributed by atoms with Gasteiger partial charge in [0.25, 0.3) is 0 Å². The number of halogens is 3. The maximum atomic E-state index is 13.3. The molecule has 164 valence electrons. The van der Waals surface area contributed by atoms with E-state index in [2.05, 4.69) is 0 Å². The van der Waals surface area contributed by atoms with Crippen LogP contribution in [-0.2, 0) is 22.6 Å². The number of hydrogen-bond donors (Lipinski definition) is 0. The molecule has 0 bridgehead atoms. The maximum absolute atomic E-state index is 13.3. The van der Waals surface area contributed by atoms with Gasteiger partial charge >= 0.3 is 11.8 Å². The third-order valence-electron chi connectivity index (χ3n) is 5.40. The quantitative estimate of drug-likeness (QED) is 0.545. The Hall–Kier alpha value is -2.65. The normalized spacial score (nSPS) is 16.0. The lowest BCUT2D eigenvalue weighted by atomic mass is 10.0. The zero-order chi connectivity index (χ0) is 22.2. The van der Waals surface area contributed by atoms with E-state index >= 15 is 0 Å². The van der Waals surface area contributed by atoms with E-state index in [1.54, 1.807) is 18.2 Å². The topological polar surface area (TPSA) is 67.6 Å². The Morgan fingerprint density at radius 2 is 1.55 bits per heavy atom. The number of rotatable bonds is 4. The Labute approximate surface area is 177 Å². The van der Waals surface area contributed by atoms with Crippen molar-refractivity contribution in [2.45, 2.75) is 36.8 Å². The molecule has 1 aliphatic rings. The molecule has 1 saturated heterocycles. The Kier molecular flexibility index (Phi) is 5.65. The highest BCUT2D eigenvalue weighted by Gasteiger charge is 2.34. The van der Waals surface area contributed by atoms with E-state index < -0.39 is 27.4 Å². The fourth-order valence-corrected chi connectivity index (χ4v) is 5.34. The summed E-state index contributed by atoms with van der Waals surface area (Å²) in [4.78, 5) is 11.6. The highest BCUT2D eigenvalue weighted by Crippen LogP contribution is 2.34. The molecule has 0 saturated carbocycles. The van der Waals surface area contributed by atoms with Crippen molar-refractivity contribution >= 4 is 21.0 Å². The van der Waals surface area contributed by atoms with Crippen LogP contribution in [0.2, 0.25) is 0 Å². The van der Waals surface area contributed by atoms with E-state index in [9.17, 15) is 26.4 Å². The molecule has 0 unspecified atom stereocenters. The Morgan fingerprint density at radius 1 is 0.903 bits per heavy atom. The largest absolute Gasteiger partial charge is 0.423 e. The number of fused-ring (bicyclic) bond motifs is 1. The molecule has 0 amide bonds. The van der Waals surface area contributed by atoms with Crippen molar-refractivity contribution in [2.24, 2.45) is 0 Å². The van der Waals surface area contributed by atoms with Crippen LogP contribution in [-0.4, -0.2) is 25.8 Å². The molecule has 1 fully saturated rings. The van der Waals surface area contributed by atoms with Gasteiger partial charge in [0.1, 0.15) is 5.58 Å². The van der Waals surface area contributed by atoms with Gasteiger partial charge in [-0.3, -0.25) is 0 Å². The predicted molar refractivity (Wildman–Crippen MR) is 109 cm³/mol. The summed E-state index contributed by atoms with van der Waals surface area (Å²) in [6, 6.07) is 11.1. The first-order valence-electron chi connectivity index (χ1n) is 9.88. The number of nitrogens with zero attached hydrogens (tertiary/aromatic N) is 1. The molecular formula is C22H20F3NO4S. The molecule has 0 spiro atoms. The maximum Gasteiger partial charge on any atom is 0.417 e. The first-order valence-corrected chi connectivity index (χ1v) is 11.3. The fourth-order valence-electron chi connectivity index (χ4n) is 3.82. The number of sulfonamides is 1. The van der Waals surface area contributed by atoms with Crippen LogP contribution in [0.25, 0.3) is 11.0 Å². The summed E-state index contributed by atoms with van der Waals surface area (Å²) in [6.45, 7) is 1.03. The van der Waals surface area contributed by atoms with Crippen molar-refractivity contribution in [3.05, 3.63) is 75.6 Å². The summed E-state index contributed by atoms with van der Waals surface area (Å²) in [5, 5.41) is -0.186. The first kappa shape index (κ1) is 21.6. The molecule has 9 heteroatoms. The van der Waals surface area contributed by atoms with Crippen molar-refractivity contribution < 1.29 is 26.0 Å². The molecular weight excluding hydrogens is 431 g/mol. The van der Waals surface area contributed by atoms with Gasteiger partial charge in [0, 0.05) is 24.5 Å².